The number of cyclic esters (lactones) is 1. The molecule has 0 bridgehead atoms. The number of carbonyl (C=O) groups excluding carboxylic acids is 1. The van der Waals surface area contributed by atoms with Gasteiger partial charge in [-0.3, -0.25) is 4.79 Å². The molecule has 3 fully saturated rings. The van der Waals surface area contributed by atoms with Gasteiger partial charge in [-0.1, -0.05) is 18.2 Å². The molecule has 4 aliphatic rings. The van der Waals surface area contributed by atoms with Gasteiger partial charge in [-0.05, 0) is 55.9 Å². The Morgan fingerprint density at radius 1 is 1.24 bits per heavy atom. The minimum absolute atomic E-state index is 0.0573. The first-order chi connectivity index (χ1) is 13.9. The minimum Gasteiger partial charge on any atom is -0.497 e. The van der Waals surface area contributed by atoms with Crippen molar-refractivity contribution in [3.63, 3.8) is 0 Å². The summed E-state index contributed by atoms with van der Waals surface area (Å²) < 4.78 is 17.6. The van der Waals surface area contributed by atoms with Gasteiger partial charge in [-0.2, -0.15) is 0 Å². The Hall–Kier alpha value is -2.11. The average molecular weight is 396 g/mol. The summed E-state index contributed by atoms with van der Waals surface area (Å²) in [4.78, 5) is 13.4. The lowest BCUT2D eigenvalue weighted by Crippen LogP contribution is -2.54. The summed E-state index contributed by atoms with van der Waals surface area (Å²) in [7, 11) is 1.63. The lowest BCUT2D eigenvalue weighted by atomic mass is 9.56. The molecule has 5 rings (SSSR count). The first-order valence-corrected chi connectivity index (χ1v) is 10.4. The topological polar surface area (TPSA) is 65.0 Å². The van der Waals surface area contributed by atoms with Crippen molar-refractivity contribution in [1.82, 2.24) is 0 Å². The highest BCUT2D eigenvalue weighted by Gasteiger charge is 2.80. The molecule has 0 unspecified atom stereocenters. The van der Waals surface area contributed by atoms with Gasteiger partial charge in [0.05, 0.1) is 12.7 Å². The molecule has 154 valence electrons. The molecule has 6 atom stereocenters. The molecular formula is C24H28O5. The zero-order valence-electron chi connectivity index (χ0n) is 17.0. The average Bonchev–Trinajstić information content (AvgIpc) is 3.23. The van der Waals surface area contributed by atoms with Crippen molar-refractivity contribution in [2.75, 3.05) is 7.11 Å². The zero-order chi connectivity index (χ0) is 20.6. The van der Waals surface area contributed by atoms with E-state index in [0.29, 0.717) is 12.8 Å². The van der Waals surface area contributed by atoms with Gasteiger partial charge in [-0.25, -0.2) is 0 Å². The molecular weight excluding hydrogens is 368 g/mol. The first-order valence-electron chi connectivity index (χ1n) is 10.4. The van der Waals surface area contributed by atoms with Crippen LogP contribution in [0.25, 0.3) is 0 Å². The molecule has 0 aromatic heterocycles. The Kier molecular flexibility index (Phi) is 3.88. The summed E-state index contributed by atoms with van der Waals surface area (Å²) in [6.45, 7) is 9.76. The van der Waals surface area contributed by atoms with Crippen LogP contribution in [-0.4, -0.2) is 35.7 Å². The zero-order valence-corrected chi connectivity index (χ0v) is 17.0. The summed E-state index contributed by atoms with van der Waals surface area (Å²) in [6.07, 6.45) is 6.02. The summed E-state index contributed by atoms with van der Waals surface area (Å²) in [5, 5.41) is 11.9. The Morgan fingerprint density at radius 3 is 2.55 bits per heavy atom. The van der Waals surface area contributed by atoms with Crippen LogP contribution in [0.5, 0.6) is 5.75 Å². The van der Waals surface area contributed by atoms with E-state index < -0.39 is 22.9 Å². The molecule has 29 heavy (non-hydrogen) atoms. The van der Waals surface area contributed by atoms with Gasteiger partial charge in [0.1, 0.15) is 11.2 Å². The van der Waals surface area contributed by atoms with Crippen LogP contribution in [0.1, 0.15) is 43.2 Å². The predicted molar refractivity (Wildman–Crippen MR) is 107 cm³/mol. The third-order valence-corrected chi connectivity index (χ3v) is 8.10. The largest absolute Gasteiger partial charge is 0.497 e. The molecule has 1 saturated carbocycles. The molecule has 2 aliphatic heterocycles. The van der Waals surface area contributed by atoms with Gasteiger partial charge in [-0.15, -0.1) is 13.2 Å². The lowest BCUT2D eigenvalue weighted by molar-refractivity contribution is -0.278. The van der Waals surface area contributed by atoms with Crippen LogP contribution in [0, 0.1) is 17.3 Å². The number of benzene rings is 1. The summed E-state index contributed by atoms with van der Waals surface area (Å²) in [6, 6.07) is 5.94. The SMILES string of the molecule is C=C[C@H]1CC[C@H](C=C)C12C[C@@]1([C@H]3Cc4ccc(OC)cc43)C(=O)O[C@@H](C)[C@@]1(O)O2. The fourth-order valence-corrected chi connectivity index (χ4v) is 6.52. The van der Waals surface area contributed by atoms with Crippen molar-refractivity contribution < 1.29 is 24.1 Å². The van der Waals surface area contributed by atoms with Gasteiger partial charge in [0.2, 0.25) is 5.79 Å². The molecule has 2 aliphatic carbocycles. The molecule has 0 radical (unpaired) electrons. The number of methoxy groups -OCH3 is 1. The molecule has 5 nitrogen and oxygen atoms in total. The quantitative estimate of drug-likeness (QED) is 0.623. The molecule has 2 heterocycles. The molecule has 1 aromatic rings. The highest BCUT2D eigenvalue weighted by Crippen LogP contribution is 2.70. The molecule has 1 N–H and O–H groups in total. The van der Waals surface area contributed by atoms with Crippen molar-refractivity contribution in [3.05, 3.63) is 54.6 Å². The van der Waals surface area contributed by atoms with Crippen molar-refractivity contribution in [2.45, 2.75) is 56.0 Å². The van der Waals surface area contributed by atoms with E-state index in [0.717, 1.165) is 24.2 Å². The highest BCUT2D eigenvalue weighted by atomic mass is 16.7. The Morgan fingerprint density at radius 2 is 1.93 bits per heavy atom. The summed E-state index contributed by atoms with van der Waals surface area (Å²) in [5.41, 5.74) is 0.393. The van der Waals surface area contributed by atoms with Crippen LogP contribution >= 0.6 is 0 Å². The van der Waals surface area contributed by atoms with E-state index >= 15 is 0 Å². The minimum atomic E-state index is -1.68. The number of aliphatic hydroxyl groups is 1. The second-order valence-corrected chi connectivity index (χ2v) is 9.03. The normalized spacial score (nSPS) is 41.4. The second-order valence-electron chi connectivity index (χ2n) is 9.03. The van der Waals surface area contributed by atoms with Crippen molar-refractivity contribution in [3.8, 4) is 5.75 Å². The summed E-state index contributed by atoms with van der Waals surface area (Å²) in [5.74, 6) is -1.35. The van der Waals surface area contributed by atoms with E-state index in [-0.39, 0.29) is 23.7 Å². The van der Waals surface area contributed by atoms with Crippen LogP contribution in [0.3, 0.4) is 0 Å². The number of ether oxygens (including phenoxy) is 3. The van der Waals surface area contributed by atoms with Crippen molar-refractivity contribution in [1.29, 1.82) is 0 Å². The number of esters is 1. The molecule has 1 spiro atoms. The Balaban J connectivity index is 1.66. The van der Waals surface area contributed by atoms with Gasteiger partial charge in [0.15, 0.2) is 6.10 Å². The van der Waals surface area contributed by atoms with Crippen LogP contribution in [0.15, 0.2) is 43.5 Å². The maximum Gasteiger partial charge on any atom is 0.318 e. The number of fused-ring (bicyclic) bond motifs is 2. The Labute approximate surface area is 171 Å². The predicted octanol–water partition coefficient (Wildman–Crippen LogP) is 3.51. The third-order valence-electron chi connectivity index (χ3n) is 8.10. The standard InChI is InChI=1S/C24H28O5/c1-5-16-8-9-17(6-2)23(16)13-22(21(25)28-14(3)24(22,26)29-23)20-11-15-7-10-18(27-4)12-19(15)20/h5-7,10,12,14,16-17,20,26H,1-2,8-9,11,13H2,3-4H3/t14-,16-,17-,20-,22+,24+/m0/s1. The van der Waals surface area contributed by atoms with E-state index in [2.05, 4.69) is 13.2 Å². The number of hydrogen-bond donors (Lipinski definition) is 1. The second kappa shape index (κ2) is 5.96. The van der Waals surface area contributed by atoms with Gasteiger partial charge in [0.25, 0.3) is 0 Å². The van der Waals surface area contributed by atoms with E-state index in [4.69, 9.17) is 14.2 Å². The lowest BCUT2D eigenvalue weighted by Gasteiger charge is -2.44. The van der Waals surface area contributed by atoms with Gasteiger partial charge < -0.3 is 19.3 Å². The van der Waals surface area contributed by atoms with Crippen LogP contribution in [-0.2, 0) is 20.7 Å². The fourth-order valence-electron chi connectivity index (χ4n) is 6.52. The van der Waals surface area contributed by atoms with Crippen molar-refractivity contribution in [2.24, 2.45) is 17.3 Å². The van der Waals surface area contributed by atoms with Gasteiger partial charge in [0, 0.05) is 17.8 Å². The molecule has 1 aromatic carbocycles. The number of carbonyl (C=O) groups is 1. The highest BCUT2D eigenvalue weighted by molar-refractivity contribution is 5.84. The fraction of sp³-hybridized carbons (Fsp3) is 0.542. The summed E-state index contributed by atoms with van der Waals surface area (Å²) >= 11 is 0. The monoisotopic (exact) mass is 396 g/mol. The van der Waals surface area contributed by atoms with E-state index in [1.165, 1.54) is 5.56 Å². The first kappa shape index (κ1) is 18.9. The number of rotatable bonds is 4. The third kappa shape index (κ3) is 2.05. The van der Waals surface area contributed by atoms with Crippen LogP contribution < -0.4 is 4.74 Å². The smallest absolute Gasteiger partial charge is 0.318 e. The van der Waals surface area contributed by atoms with Gasteiger partial charge >= 0.3 is 5.97 Å². The molecule has 5 heteroatoms. The van der Waals surface area contributed by atoms with E-state index in [1.54, 1.807) is 14.0 Å². The maximum absolute atomic E-state index is 13.4. The van der Waals surface area contributed by atoms with E-state index in [9.17, 15) is 9.90 Å². The van der Waals surface area contributed by atoms with Crippen LogP contribution in [0.2, 0.25) is 0 Å². The van der Waals surface area contributed by atoms with Crippen LogP contribution in [0.4, 0.5) is 0 Å². The van der Waals surface area contributed by atoms with Crippen molar-refractivity contribution >= 4 is 5.97 Å². The Bertz CT molecular complexity index is 891. The molecule has 2 saturated heterocycles. The number of hydrogen-bond acceptors (Lipinski definition) is 5. The molecule has 0 amide bonds. The van der Waals surface area contributed by atoms with E-state index in [1.807, 2.05) is 30.4 Å². The maximum atomic E-state index is 13.4.